The number of aliphatic hydroxyl groups is 4. The first-order valence-corrected chi connectivity index (χ1v) is 18.8. The van der Waals surface area contributed by atoms with E-state index in [0.717, 1.165) is 57.8 Å². The van der Waals surface area contributed by atoms with Crippen molar-refractivity contribution in [3.05, 3.63) is 12.2 Å². The highest BCUT2D eigenvalue weighted by atomic mass is 16.7. The lowest BCUT2D eigenvalue weighted by Gasteiger charge is -2.39. The molecule has 1 fully saturated rings. The minimum atomic E-state index is -1.59. The van der Waals surface area contributed by atoms with Gasteiger partial charge in [0.15, 0.2) is 12.4 Å². The lowest BCUT2D eigenvalue weighted by molar-refractivity contribution is -0.305. The topological polar surface area (TPSA) is 152 Å². The van der Waals surface area contributed by atoms with Gasteiger partial charge in [0.05, 0.1) is 13.2 Å². The van der Waals surface area contributed by atoms with Crippen molar-refractivity contribution < 1.29 is 49.0 Å². The van der Waals surface area contributed by atoms with Gasteiger partial charge >= 0.3 is 11.9 Å². The average molecular weight is 673 g/mol. The molecule has 1 aliphatic rings. The average Bonchev–Trinajstić information content (AvgIpc) is 3.06. The lowest BCUT2D eigenvalue weighted by Crippen LogP contribution is -2.59. The van der Waals surface area contributed by atoms with Crippen molar-refractivity contribution in [1.82, 2.24) is 0 Å². The first-order valence-electron chi connectivity index (χ1n) is 18.8. The van der Waals surface area contributed by atoms with Crippen molar-refractivity contribution in [1.29, 1.82) is 0 Å². The summed E-state index contributed by atoms with van der Waals surface area (Å²) in [6.45, 7) is 3.35. The van der Waals surface area contributed by atoms with Crippen LogP contribution < -0.4 is 0 Å². The number of unbranched alkanes of at least 4 members (excludes halogenated alkanes) is 17. The Bertz CT molecular complexity index is 789. The Kier molecular flexibility index (Phi) is 27.2. The number of carbonyl (C=O) groups excluding carboxylic acids is 2. The van der Waals surface area contributed by atoms with Gasteiger partial charge in [-0.1, -0.05) is 116 Å². The predicted octanol–water partition coefficient (Wildman–Crippen LogP) is 6.44. The molecule has 0 radical (unpaired) electrons. The van der Waals surface area contributed by atoms with E-state index in [9.17, 15) is 30.0 Å². The molecule has 4 N–H and O–H groups in total. The summed E-state index contributed by atoms with van der Waals surface area (Å²) in [5.74, 6) is -0.818. The van der Waals surface area contributed by atoms with Gasteiger partial charge in [-0.15, -0.1) is 0 Å². The van der Waals surface area contributed by atoms with Crippen LogP contribution in [0.25, 0.3) is 0 Å². The summed E-state index contributed by atoms with van der Waals surface area (Å²) < 4.78 is 22.0. The third-order valence-corrected chi connectivity index (χ3v) is 8.65. The van der Waals surface area contributed by atoms with Gasteiger partial charge in [0.2, 0.25) is 0 Å². The van der Waals surface area contributed by atoms with E-state index in [1.165, 1.54) is 64.2 Å². The number of carbonyl (C=O) groups is 2. The number of aliphatic hydroxyl groups excluding tert-OH is 4. The SMILES string of the molecule is CCCCCC/C=C/CCCCCCCC(=O)OC[C@@H](CO[C@H]1O[C@@H](CO)[C@@H](O)C(O)C1O)OC(=O)CCCCCCCCCCC. The van der Waals surface area contributed by atoms with Crippen molar-refractivity contribution in [2.24, 2.45) is 0 Å². The van der Waals surface area contributed by atoms with Crippen LogP contribution in [0.5, 0.6) is 0 Å². The molecule has 1 aliphatic heterocycles. The maximum atomic E-state index is 12.6. The van der Waals surface area contributed by atoms with Crippen molar-refractivity contribution in [3.63, 3.8) is 0 Å². The molecule has 47 heavy (non-hydrogen) atoms. The molecule has 0 aromatic carbocycles. The molecular weight excluding hydrogens is 604 g/mol. The van der Waals surface area contributed by atoms with Gasteiger partial charge in [-0.25, -0.2) is 0 Å². The van der Waals surface area contributed by atoms with Crippen LogP contribution in [0.3, 0.4) is 0 Å². The highest BCUT2D eigenvalue weighted by molar-refractivity contribution is 5.70. The van der Waals surface area contributed by atoms with Crippen molar-refractivity contribution in [2.75, 3.05) is 19.8 Å². The second kappa shape index (κ2) is 29.4. The number of allylic oxidation sites excluding steroid dienone is 2. The fraction of sp³-hybridized carbons (Fsp3) is 0.892. The van der Waals surface area contributed by atoms with E-state index in [1.807, 2.05) is 0 Å². The van der Waals surface area contributed by atoms with Gasteiger partial charge in [0, 0.05) is 12.8 Å². The molecule has 0 aromatic heterocycles. The molecule has 1 heterocycles. The summed E-state index contributed by atoms with van der Waals surface area (Å²) in [4.78, 5) is 25.1. The Morgan fingerprint density at radius 3 is 1.68 bits per heavy atom. The van der Waals surface area contributed by atoms with Crippen LogP contribution in [0.1, 0.15) is 155 Å². The molecule has 0 amide bonds. The van der Waals surface area contributed by atoms with Crippen LogP contribution in [0.4, 0.5) is 0 Å². The van der Waals surface area contributed by atoms with Crippen LogP contribution in [-0.4, -0.2) is 89.0 Å². The molecule has 0 saturated carbocycles. The van der Waals surface area contributed by atoms with Crippen molar-refractivity contribution in [3.8, 4) is 0 Å². The highest BCUT2D eigenvalue weighted by Crippen LogP contribution is 2.22. The van der Waals surface area contributed by atoms with Gasteiger partial charge in [-0.05, 0) is 38.5 Å². The monoisotopic (exact) mass is 672 g/mol. The number of ether oxygens (including phenoxy) is 4. The summed E-state index contributed by atoms with van der Waals surface area (Å²) in [5, 5.41) is 39.8. The Labute approximate surface area is 284 Å². The van der Waals surface area contributed by atoms with E-state index in [1.54, 1.807) is 0 Å². The summed E-state index contributed by atoms with van der Waals surface area (Å²) in [5.41, 5.74) is 0. The Balaban J connectivity index is 2.41. The fourth-order valence-electron chi connectivity index (χ4n) is 5.59. The van der Waals surface area contributed by atoms with Crippen molar-refractivity contribution in [2.45, 2.75) is 192 Å². The summed E-state index contributed by atoms with van der Waals surface area (Å²) >= 11 is 0. The molecule has 10 heteroatoms. The van der Waals surface area contributed by atoms with E-state index >= 15 is 0 Å². The zero-order valence-corrected chi connectivity index (χ0v) is 29.5. The van der Waals surface area contributed by atoms with Crippen LogP contribution in [-0.2, 0) is 28.5 Å². The normalized spacial score (nSPS) is 22.0. The molecular formula is C37H68O10. The van der Waals surface area contributed by atoms with Crippen LogP contribution in [0.15, 0.2) is 12.2 Å². The molecule has 0 spiro atoms. The van der Waals surface area contributed by atoms with Gasteiger partial charge in [0.1, 0.15) is 31.0 Å². The van der Waals surface area contributed by atoms with E-state index in [0.29, 0.717) is 6.42 Å². The third-order valence-electron chi connectivity index (χ3n) is 8.65. The van der Waals surface area contributed by atoms with Gasteiger partial charge in [-0.3, -0.25) is 9.59 Å². The molecule has 2 unspecified atom stereocenters. The zero-order valence-electron chi connectivity index (χ0n) is 29.5. The zero-order chi connectivity index (χ0) is 34.5. The number of hydrogen-bond donors (Lipinski definition) is 4. The molecule has 0 aliphatic carbocycles. The summed E-state index contributed by atoms with van der Waals surface area (Å²) in [7, 11) is 0. The largest absolute Gasteiger partial charge is 0.462 e. The maximum absolute atomic E-state index is 12.6. The molecule has 1 saturated heterocycles. The number of esters is 2. The van der Waals surface area contributed by atoms with Crippen LogP contribution >= 0.6 is 0 Å². The molecule has 10 nitrogen and oxygen atoms in total. The summed E-state index contributed by atoms with van der Waals surface area (Å²) in [6, 6.07) is 0. The highest BCUT2D eigenvalue weighted by Gasteiger charge is 2.44. The van der Waals surface area contributed by atoms with Gasteiger partial charge in [-0.2, -0.15) is 0 Å². The predicted molar refractivity (Wildman–Crippen MR) is 183 cm³/mol. The van der Waals surface area contributed by atoms with E-state index < -0.39 is 49.4 Å². The Morgan fingerprint density at radius 1 is 0.638 bits per heavy atom. The molecule has 0 bridgehead atoms. The lowest BCUT2D eigenvalue weighted by atomic mass is 9.99. The second-order valence-corrected chi connectivity index (χ2v) is 13.0. The third kappa shape index (κ3) is 21.9. The number of hydrogen-bond acceptors (Lipinski definition) is 10. The fourth-order valence-corrected chi connectivity index (χ4v) is 5.59. The molecule has 276 valence electrons. The minimum Gasteiger partial charge on any atom is -0.462 e. The van der Waals surface area contributed by atoms with Crippen molar-refractivity contribution >= 4 is 11.9 Å². The van der Waals surface area contributed by atoms with Crippen LogP contribution in [0, 0.1) is 0 Å². The Morgan fingerprint density at radius 2 is 1.13 bits per heavy atom. The van der Waals surface area contributed by atoms with E-state index in [4.69, 9.17) is 18.9 Å². The standard InChI is InChI=1S/C37H68O10/c1-3-5-7-9-11-13-14-15-16-18-19-21-23-25-32(39)44-28-30(29-45-37-36(43)35(42)34(41)31(27-38)47-37)46-33(40)26-24-22-20-17-12-10-8-6-4-2/h13-14,30-31,34-38,41-43H,3-12,15-29H2,1-2H3/b14-13+/t30-,31-,34+,35?,36?,37-/m0/s1. The maximum Gasteiger partial charge on any atom is 0.306 e. The summed E-state index contributed by atoms with van der Waals surface area (Å²) in [6.07, 6.45) is 19.5. The van der Waals surface area contributed by atoms with Gasteiger partial charge < -0.3 is 39.4 Å². The van der Waals surface area contributed by atoms with E-state index in [2.05, 4.69) is 26.0 Å². The van der Waals surface area contributed by atoms with Crippen LogP contribution in [0.2, 0.25) is 0 Å². The Hall–Kier alpha value is -1.56. The smallest absolute Gasteiger partial charge is 0.306 e. The molecule has 0 aromatic rings. The van der Waals surface area contributed by atoms with Gasteiger partial charge in [0.25, 0.3) is 0 Å². The first kappa shape index (κ1) is 43.5. The quantitative estimate of drug-likeness (QED) is 0.0381. The first-order chi connectivity index (χ1) is 22.8. The number of rotatable bonds is 30. The van der Waals surface area contributed by atoms with E-state index in [-0.39, 0.29) is 32.0 Å². The molecule has 6 atom stereocenters. The second-order valence-electron chi connectivity index (χ2n) is 13.0. The molecule has 1 rings (SSSR count). The minimum absolute atomic E-state index is 0.218.